The Morgan fingerprint density at radius 2 is 0.500 bits per heavy atom. The first kappa shape index (κ1) is 107. The second kappa shape index (κ2) is 49.4. The van der Waals surface area contributed by atoms with E-state index in [0.717, 1.165) is 25.5 Å². The third kappa shape index (κ3) is 28.4. The van der Waals surface area contributed by atoms with E-state index in [0.29, 0.717) is 30.8 Å². The number of carbonyl (C=O) groups excluding carboxylic acids is 16. The number of aryl methyl sites for hydroxylation is 10. The Hall–Kier alpha value is -17.8. The number of rotatable bonds is 48. The third-order valence-corrected chi connectivity index (χ3v) is 28.4. The number of anilines is 10. The molecular weight excluding hydrogens is 1920 g/mol. The number of carbonyl (C=O) groups is 16. The van der Waals surface area contributed by atoms with E-state index in [-0.39, 0.29) is 186 Å². The Morgan fingerprint density at radius 1 is 0.243 bits per heavy atom. The number of benzene rings is 3. The minimum atomic E-state index is -2.04. The topological polar surface area (TPSA) is 557 Å². The number of imidazole rings is 3. The van der Waals surface area contributed by atoms with Crippen LogP contribution in [0.15, 0.2) is 195 Å². The Balaban J connectivity index is 0.472. The van der Waals surface area contributed by atoms with Crippen LogP contribution in [0.5, 0.6) is 0 Å². The van der Waals surface area contributed by atoms with Crippen molar-refractivity contribution in [3.63, 3.8) is 0 Å². The van der Waals surface area contributed by atoms with Gasteiger partial charge in [0.25, 0.3) is 59.1 Å². The highest BCUT2D eigenvalue weighted by Gasteiger charge is 2.45. The first-order chi connectivity index (χ1) is 70.8. The van der Waals surface area contributed by atoms with E-state index in [1.165, 1.54) is 160 Å². The maximum absolute atomic E-state index is 13.7. The average Bonchev–Trinajstić information content (AvgIpc) is 1.58. The molecule has 774 valence electrons. The molecule has 0 aliphatic rings. The van der Waals surface area contributed by atoms with Crippen molar-refractivity contribution in [1.82, 2.24) is 97.4 Å². The lowest BCUT2D eigenvalue weighted by Gasteiger charge is -2.27. The normalized spacial score (nSPS) is 11.1. The fourth-order valence-corrected chi connectivity index (χ4v) is 20.9. The molecule has 10 aromatic heterocycles. The highest BCUT2D eigenvalue weighted by Crippen LogP contribution is 2.56. The quantitative estimate of drug-likeness (QED) is 0.0148. The molecule has 0 saturated heterocycles. The minimum absolute atomic E-state index is 0.0315. The fraction of sp³-hybridized carbons (Fsp3) is 0.297. The van der Waals surface area contributed by atoms with Gasteiger partial charge in [-0.05, 0) is 125 Å². The van der Waals surface area contributed by atoms with E-state index >= 15 is 0 Å². The first-order valence-corrected chi connectivity index (χ1v) is 49.5. The van der Waals surface area contributed by atoms with Gasteiger partial charge in [-0.2, -0.15) is 0 Å². The highest BCUT2D eigenvalue weighted by atomic mass is 31.2. The zero-order chi connectivity index (χ0) is 106. The molecule has 0 atom stereocenters. The van der Waals surface area contributed by atoms with Crippen LogP contribution in [0.1, 0.15) is 169 Å². The maximum atomic E-state index is 13.7. The first-order valence-electron chi connectivity index (χ1n) is 47.5. The Kier molecular flexibility index (Phi) is 35.9. The van der Waals surface area contributed by atoms with Gasteiger partial charge < -0.3 is 136 Å². The molecule has 0 aliphatic heterocycles. The molecule has 0 aliphatic carbocycles. The lowest BCUT2D eigenvalue weighted by molar-refractivity contribution is -0.122. The molecule has 0 fully saturated rings. The van der Waals surface area contributed by atoms with Gasteiger partial charge in [-0.25, -0.2) is 15.0 Å². The largest absolute Gasteiger partial charge is 0.356 e. The second-order valence-electron chi connectivity index (χ2n) is 35.7. The summed E-state index contributed by atoms with van der Waals surface area (Å²) in [6.45, 7) is 1.43. The molecular formula is C101H120N30O16P+. The average molecular weight is 2040 g/mol. The van der Waals surface area contributed by atoms with Gasteiger partial charge in [-0.1, -0.05) is 54.6 Å². The SMILES string of the molecule is CN(C)CCCNC(=O)CCNC(=O)c1cc(NC(=O)c2cc(NC(=O)c3nc(NC(=O)CCNC(=O)c4cc(NC(=O)c5cc(NC(=O)CCCNC(=O)c6nc(NC(=O)c7cc(NC(=O)CCNC(=O)c8cc(NC(=O)c9cc(NC(=O)c%10nc(NC(=O)CCNC(=O)CCCC[P+](c%11ccccc%11)(c%11ccccc%11)c%11ccccc%11)cn%10C)cn9C)cn8C)cn7C)cn6C)cn5C)cn4C)cn3C)cn2C)cn1C. The molecule has 10 heterocycles. The van der Waals surface area contributed by atoms with E-state index in [1.807, 2.05) is 37.2 Å². The molecule has 3 aromatic carbocycles. The molecule has 0 unspecified atom stereocenters. The van der Waals surface area contributed by atoms with Crippen LogP contribution in [0.2, 0.25) is 0 Å². The van der Waals surface area contributed by atoms with Crippen molar-refractivity contribution in [1.29, 1.82) is 0 Å². The number of hydrogen-bond acceptors (Lipinski definition) is 20. The number of nitrogens with one attached hydrogen (secondary N) is 16. The van der Waals surface area contributed by atoms with E-state index in [4.69, 9.17) is 0 Å². The van der Waals surface area contributed by atoms with Crippen LogP contribution in [-0.4, -0.2) is 226 Å². The van der Waals surface area contributed by atoms with Gasteiger partial charge in [0.1, 0.15) is 63.0 Å². The van der Waals surface area contributed by atoms with Gasteiger partial charge in [0, 0.05) is 210 Å². The van der Waals surface area contributed by atoms with Crippen molar-refractivity contribution in [3.05, 3.63) is 253 Å². The fourth-order valence-electron chi connectivity index (χ4n) is 16.5. The van der Waals surface area contributed by atoms with Gasteiger partial charge >= 0.3 is 0 Å². The van der Waals surface area contributed by atoms with Gasteiger partial charge in [0.15, 0.2) is 17.5 Å². The summed E-state index contributed by atoms with van der Waals surface area (Å²) in [7, 11) is 17.8. The molecule has 13 aromatic rings. The summed E-state index contributed by atoms with van der Waals surface area (Å²) in [6, 6.07) is 41.9. The van der Waals surface area contributed by atoms with E-state index in [1.54, 1.807) is 76.7 Å². The van der Waals surface area contributed by atoms with Crippen molar-refractivity contribution in [2.45, 2.75) is 64.2 Å². The molecule has 13 rings (SSSR count). The van der Waals surface area contributed by atoms with Crippen molar-refractivity contribution < 1.29 is 76.7 Å². The molecule has 16 amide bonds. The third-order valence-electron chi connectivity index (χ3n) is 23.8. The molecule has 0 saturated carbocycles. The summed E-state index contributed by atoms with van der Waals surface area (Å²) in [4.78, 5) is 227. The molecule has 0 spiro atoms. The van der Waals surface area contributed by atoms with Crippen LogP contribution in [0.3, 0.4) is 0 Å². The van der Waals surface area contributed by atoms with Crippen molar-refractivity contribution >= 4 is 175 Å². The summed E-state index contributed by atoms with van der Waals surface area (Å²) >= 11 is 0. The standard InChI is InChI=1S/C101H119N30O16P/c1-121(2)44-25-39-102-84(133)34-41-105-92(138)73-48-66(56-122(73)3)111-96(142)77-52-69(59-127(77)8)114-101(147)91-118-81(61-131(91)12)116-88(137)37-43-107-94(140)75-49-65(55-124(75)5)110-95(141)76-46-63(53-125(76)6)108-85(134)33-24-38-104-99(145)89-119-82(62-129(89)10)120-98(144)79-47-64(54-126(79)7)109-86(135)36-42-106-93(139)74-50-67(57-123(74)4)112-97(143)78-51-68(58-128(78)9)113-100(146)90-117-80(60-130(90)11)115-87(136)35-40-103-83(132)32-22-23-45-148(70-26-16-13-17-27-70,71-28-18-14-19-29-71)72-30-20-15-21-31-72/h13-21,26-31,46-62H,22-25,32-45H2,1-12H3,(H15-,102,103,104,105,106,107,108,109,110,111,112,113,114,115,116,120,132,133,134,135,136,137,138,139,140,141,142,143,144,145,146,147)/p+1. The van der Waals surface area contributed by atoms with Gasteiger partial charge in [-0.3, -0.25) is 76.7 Å². The number of unbranched alkanes of at least 4 members (excludes halogenated alkanes) is 1. The van der Waals surface area contributed by atoms with Crippen LogP contribution < -0.4 is 101 Å². The Morgan fingerprint density at radius 3 is 0.851 bits per heavy atom. The predicted molar refractivity (Wildman–Crippen MR) is 560 cm³/mol. The van der Waals surface area contributed by atoms with E-state index in [9.17, 15) is 76.7 Å². The van der Waals surface area contributed by atoms with E-state index in [2.05, 4.69) is 173 Å². The summed E-state index contributed by atoms with van der Waals surface area (Å²) < 4.78 is 14.7. The second-order valence-corrected chi connectivity index (χ2v) is 39.3. The van der Waals surface area contributed by atoms with Crippen molar-refractivity contribution in [2.75, 3.05) is 119 Å². The molecule has 148 heavy (non-hydrogen) atoms. The van der Waals surface area contributed by atoms with Crippen molar-refractivity contribution in [2.24, 2.45) is 70.5 Å². The summed E-state index contributed by atoms with van der Waals surface area (Å²) in [5, 5.41) is 47.5. The predicted octanol–water partition coefficient (Wildman–Crippen LogP) is 6.23. The molecule has 0 radical (unpaired) electrons. The maximum Gasteiger partial charge on any atom is 0.291 e. The number of nitrogens with zero attached hydrogens (tertiary/aromatic N) is 14. The minimum Gasteiger partial charge on any atom is -0.356 e. The van der Waals surface area contributed by atoms with Crippen LogP contribution in [0.25, 0.3) is 0 Å². The van der Waals surface area contributed by atoms with Crippen LogP contribution >= 0.6 is 7.26 Å². The zero-order valence-corrected chi connectivity index (χ0v) is 84.8. The zero-order valence-electron chi connectivity index (χ0n) is 83.9. The van der Waals surface area contributed by atoms with Crippen LogP contribution in [0, 0.1) is 0 Å². The Labute approximate surface area is 851 Å². The van der Waals surface area contributed by atoms with Crippen molar-refractivity contribution in [3.8, 4) is 0 Å². The van der Waals surface area contributed by atoms with E-state index < -0.39 is 90.0 Å². The molecule has 47 heteroatoms. The number of aromatic nitrogens is 13. The summed E-state index contributed by atoms with van der Waals surface area (Å²) in [6.07, 6.45) is 18.4. The monoisotopic (exact) mass is 2040 g/mol. The van der Waals surface area contributed by atoms with Gasteiger partial charge in [0.05, 0.1) is 46.0 Å². The summed E-state index contributed by atoms with van der Waals surface area (Å²) in [5.74, 6) is -7.87. The molecule has 46 nitrogen and oxygen atoms in total. The highest BCUT2D eigenvalue weighted by molar-refractivity contribution is 7.95. The van der Waals surface area contributed by atoms with Gasteiger partial charge in [0.2, 0.25) is 52.9 Å². The lowest BCUT2D eigenvalue weighted by atomic mass is 10.2. The number of amides is 16. The van der Waals surface area contributed by atoms with Crippen LogP contribution in [0.4, 0.5) is 57.3 Å². The lowest BCUT2D eigenvalue weighted by Crippen LogP contribution is -2.33. The molecule has 0 bridgehead atoms. The van der Waals surface area contributed by atoms with Crippen LogP contribution in [-0.2, 0) is 99.2 Å². The molecule has 16 N–H and O–H groups in total. The Bertz CT molecular complexity index is 7020. The smallest absolute Gasteiger partial charge is 0.291 e. The number of hydrogen-bond donors (Lipinski definition) is 16. The van der Waals surface area contributed by atoms with Gasteiger partial charge in [-0.15, -0.1) is 0 Å². The summed E-state index contributed by atoms with van der Waals surface area (Å²) in [5.41, 5.74) is 3.12.